The molecule has 1 aliphatic rings. The summed E-state index contributed by atoms with van der Waals surface area (Å²) in [4.78, 5) is 2.54. The summed E-state index contributed by atoms with van der Waals surface area (Å²) in [6, 6.07) is 7.34. The summed E-state index contributed by atoms with van der Waals surface area (Å²) in [5.74, 6) is 0. The molecule has 2 nitrogen and oxygen atoms in total. The van der Waals surface area contributed by atoms with E-state index in [0.29, 0.717) is 6.04 Å². The van der Waals surface area contributed by atoms with Gasteiger partial charge in [-0.1, -0.05) is 39.2 Å². The van der Waals surface area contributed by atoms with Crippen molar-refractivity contribution in [2.45, 2.75) is 58.5 Å². The number of rotatable bonds is 4. The van der Waals surface area contributed by atoms with Crippen LogP contribution in [0.25, 0.3) is 0 Å². The number of nitrogens with zero attached hydrogens (tertiary/aromatic N) is 1. The van der Waals surface area contributed by atoms with Crippen LogP contribution in [0.15, 0.2) is 22.7 Å². The van der Waals surface area contributed by atoms with Gasteiger partial charge < -0.3 is 10.2 Å². The standard InChI is InChI=1S/C17H27BrN2/c1-14(2)19-13-15-8-9-17(16(18)12-15)20-10-6-4-3-5-7-11-20/h8-9,12,14,19H,3-7,10-11,13H2,1-2H3. The van der Waals surface area contributed by atoms with E-state index in [1.165, 1.54) is 60.9 Å². The molecular formula is C17H27BrN2. The van der Waals surface area contributed by atoms with Crippen molar-refractivity contribution in [1.82, 2.24) is 5.32 Å². The van der Waals surface area contributed by atoms with Crippen LogP contribution in [0.3, 0.4) is 0 Å². The number of hydrogen-bond donors (Lipinski definition) is 1. The summed E-state index contributed by atoms with van der Waals surface area (Å²) >= 11 is 3.77. The van der Waals surface area contributed by atoms with Gasteiger partial charge >= 0.3 is 0 Å². The van der Waals surface area contributed by atoms with Crippen LogP contribution in [0, 0.1) is 0 Å². The van der Waals surface area contributed by atoms with E-state index >= 15 is 0 Å². The first-order chi connectivity index (χ1) is 9.66. The molecule has 1 heterocycles. The molecule has 1 aromatic rings. The molecule has 1 aliphatic heterocycles. The summed E-state index contributed by atoms with van der Waals surface area (Å²) in [6.07, 6.45) is 6.82. The molecule has 2 rings (SSSR count). The molecule has 3 heteroatoms. The summed E-state index contributed by atoms with van der Waals surface area (Å²) < 4.78 is 1.24. The van der Waals surface area contributed by atoms with E-state index in [0.717, 1.165) is 6.54 Å². The lowest BCUT2D eigenvalue weighted by atomic mass is 10.1. The maximum Gasteiger partial charge on any atom is 0.0510 e. The number of hydrogen-bond acceptors (Lipinski definition) is 2. The summed E-state index contributed by atoms with van der Waals surface area (Å²) in [6.45, 7) is 7.70. The van der Waals surface area contributed by atoms with Gasteiger partial charge in [0.15, 0.2) is 0 Å². The Morgan fingerprint density at radius 1 is 1.10 bits per heavy atom. The Bertz CT molecular complexity index is 409. The molecule has 0 atom stereocenters. The van der Waals surface area contributed by atoms with Gasteiger partial charge in [-0.05, 0) is 46.5 Å². The zero-order chi connectivity index (χ0) is 14.4. The van der Waals surface area contributed by atoms with Gasteiger partial charge in [0.05, 0.1) is 5.69 Å². The maximum atomic E-state index is 3.77. The molecule has 1 saturated heterocycles. The molecule has 1 fully saturated rings. The number of benzene rings is 1. The van der Waals surface area contributed by atoms with Gasteiger partial charge in [-0.25, -0.2) is 0 Å². The van der Waals surface area contributed by atoms with E-state index in [2.05, 4.69) is 58.2 Å². The largest absolute Gasteiger partial charge is 0.371 e. The molecule has 1 N–H and O–H groups in total. The van der Waals surface area contributed by atoms with Crippen molar-refractivity contribution in [2.24, 2.45) is 0 Å². The van der Waals surface area contributed by atoms with Crippen LogP contribution in [0.4, 0.5) is 5.69 Å². The number of anilines is 1. The monoisotopic (exact) mass is 338 g/mol. The average Bonchev–Trinajstić information content (AvgIpc) is 2.37. The lowest BCUT2D eigenvalue weighted by Gasteiger charge is -2.28. The smallest absolute Gasteiger partial charge is 0.0510 e. The minimum Gasteiger partial charge on any atom is -0.371 e. The third-order valence-electron chi connectivity index (χ3n) is 3.92. The number of halogens is 1. The predicted octanol–water partition coefficient (Wildman–Crippen LogP) is 4.72. The second kappa shape index (κ2) is 8.04. The fourth-order valence-electron chi connectivity index (χ4n) is 2.73. The van der Waals surface area contributed by atoms with Gasteiger partial charge in [-0.2, -0.15) is 0 Å². The third-order valence-corrected chi connectivity index (χ3v) is 4.56. The van der Waals surface area contributed by atoms with Crippen LogP contribution in [0.1, 0.15) is 51.5 Å². The zero-order valence-electron chi connectivity index (χ0n) is 12.8. The van der Waals surface area contributed by atoms with Gasteiger partial charge in [0.1, 0.15) is 0 Å². The van der Waals surface area contributed by atoms with Crippen molar-refractivity contribution in [3.05, 3.63) is 28.2 Å². The quantitative estimate of drug-likeness (QED) is 0.854. The van der Waals surface area contributed by atoms with Gasteiger partial charge in [0, 0.05) is 30.1 Å². The molecule has 0 radical (unpaired) electrons. The third kappa shape index (κ3) is 4.78. The van der Waals surface area contributed by atoms with Gasteiger partial charge in [-0.15, -0.1) is 0 Å². The van der Waals surface area contributed by atoms with Gasteiger partial charge in [0.25, 0.3) is 0 Å². The molecule has 1 aromatic carbocycles. The highest BCUT2D eigenvalue weighted by Crippen LogP contribution is 2.29. The first-order valence-corrected chi connectivity index (χ1v) is 8.73. The fraction of sp³-hybridized carbons (Fsp3) is 0.647. The lowest BCUT2D eigenvalue weighted by molar-refractivity contribution is 0.556. The molecule has 112 valence electrons. The van der Waals surface area contributed by atoms with Gasteiger partial charge in [-0.3, -0.25) is 0 Å². The second-order valence-corrected chi connectivity index (χ2v) is 6.93. The van der Waals surface area contributed by atoms with Crippen LogP contribution in [0.5, 0.6) is 0 Å². The summed E-state index contributed by atoms with van der Waals surface area (Å²) in [5, 5.41) is 3.47. The normalized spacial score (nSPS) is 17.1. The lowest BCUT2D eigenvalue weighted by Crippen LogP contribution is -2.27. The Balaban J connectivity index is 2.03. The summed E-state index contributed by atoms with van der Waals surface area (Å²) in [7, 11) is 0. The molecule has 20 heavy (non-hydrogen) atoms. The highest BCUT2D eigenvalue weighted by molar-refractivity contribution is 9.10. The highest BCUT2D eigenvalue weighted by atomic mass is 79.9. The Morgan fingerprint density at radius 3 is 2.35 bits per heavy atom. The molecule has 0 spiro atoms. The average molecular weight is 339 g/mol. The molecule has 0 unspecified atom stereocenters. The van der Waals surface area contributed by atoms with E-state index in [1.807, 2.05) is 0 Å². The Labute approximate surface area is 132 Å². The Morgan fingerprint density at radius 2 is 1.75 bits per heavy atom. The van der Waals surface area contributed by atoms with Crippen molar-refractivity contribution in [3.8, 4) is 0 Å². The van der Waals surface area contributed by atoms with E-state index in [9.17, 15) is 0 Å². The Hall–Kier alpha value is -0.540. The van der Waals surface area contributed by atoms with E-state index in [4.69, 9.17) is 0 Å². The molecular weight excluding hydrogens is 312 g/mol. The predicted molar refractivity (Wildman–Crippen MR) is 91.4 cm³/mol. The zero-order valence-corrected chi connectivity index (χ0v) is 14.4. The minimum atomic E-state index is 0.530. The second-order valence-electron chi connectivity index (χ2n) is 6.08. The molecule has 0 amide bonds. The topological polar surface area (TPSA) is 15.3 Å². The van der Waals surface area contributed by atoms with Crippen LogP contribution in [0.2, 0.25) is 0 Å². The first-order valence-electron chi connectivity index (χ1n) is 7.93. The first kappa shape index (κ1) is 15.8. The van der Waals surface area contributed by atoms with Crippen molar-refractivity contribution < 1.29 is 0 Å². The molecule has 0 bridgehead atoms. The fourth-order valence-corrected chi connectivity index (χ4v) is 3.40. The molecule has 0 aromatic heterocycles. The van der Waals surface area contributed by atoms with Crippen LogP contribution in [-0.2, 0) is 6.54 Å². The van der Waals surface area contributed by atoms with Crippen LogP contribution in [-0.4, -0.2) is 19.1 Å². The van der Waals surface area contributed by atoms with E-state index in [-0.39, 0.29) is 0 Å². The molecule has 0 aliphatic carbocycles. The van der Waals surface area contributed by atoms with Crippen molar-refractivity contribution >= 4 is 21.6 Å². The van der Waals surface area contributed by atoms with Crippen LogP contribution < -0.4 is 10.2 Å². The summed E-state index contributed by atoms with van der Waals surface area (Å²) in [5.41, 5.74) is 2.71. The van der Waals surface area contributed by atoms with Crippen LogP contribution >= 0.6 is 15.9 Å². The Kier molecular flexibility index (Phi) is 6.37. The van der Waals surface area contributed by atoms with Crippen molar-refractivity contribution in [2.75, 3.05) is 18.0 Å². The molecule has 0 saturated carbocycles. The maximum absolute atomic E-state index is 3.77. The van der Waals surface area contributed by atoms with Crippen molar-refractivity contribution in [1.29, 1.82) is 0 Å². The SMILES string of the molecule is CC(C)NCc1ccc(N2CCCCCCC2)c(Br)c1. The van der Waals surface area contributed by atoms with Gasteiger partial charge in [0.2, 0.25) is 0 Å². The van der Waals surface area contributed by atoms with Crippen molar-refractivity contribution in [3.63, 3.8) is 0 Å². The number of nitrogens with one attached hydrogen (secondary N) is 1. The highest BCUT2D eigenvalue weighted by Gasteiger charge is 2.12. The van der Waals surface area contributed by atoms with E-state index in [1.54, 1.807) is 0 Å². The minimum absolute atomic E-state index is 0.530. The van der Waals surface area contributed by atoms with E-state index < -0.39 is 0 Å².